The summed E-state index contributed by atoms with van der Waals surface area (Å²) in [5, 5.41) is 18.6. The van der Waals surface area contributed by atoms with E-state index in [4.69, 9.17) is 21.8 Å². The molecule has 200 valence electrons. The van der Waals surface area contributed by atoms with Crippen molar-refractivity contribution in [1.82, 2.24) is 9.13 Å². The van der Waals surface area contributed by atoms with E-state index in [2.05, 4.69) is 0 Å². The number of halogens is 1. The third-order valence-corrected chi connectivity index (χ3v) is 8.29. The Hall–Kier alpha value is -3.30. The molecule has 2 heterocycles. The number of carboxylic acids is 2. The van der Waals surface area contributed by atoms with Gasteiger partial charge in [0.15, 0.2) is 11.6 Å². The smallest absolute Gasteiger partial charge is 0.323 e. The molecule has 0 bridgehead atoms. The summed E-state index contributed by atoms with van der Waals surface area (Å²) in [6, 6.07) is 9.23. The highest BCUT2D eigenvalue weighted by Crippen LogP contribution is 2.40. The molecule has 2 aliphatic rings. The highest BCUT2D eigenvalue weighted by Gasteiger charge is 2.29. The van der Waals surface area contributed by atoms with Gasteiger partial charge in [-0.2, -0.15) is 0 Å². The molecule has 0 spiro atoms. The molecule has 0 unspecified atom stereocenters. The molecule has 3 aromatic rings. The molecule has 5 rings (SSSR count). The molecular formula is C28H29ClN2O6S. The number of rotatable bonds is 6. The van der Waals surface area contributed by atoms with Gasteiger partial charge in [0.25, 0.3) is 0 Å². The van der Waals surface area contributed by atoms with E-state index in [1.54, 1.807) is 15.2 Å². The third-order valence-electron chi connectivity index (χ3n) is 6.83. The zero-order valence-corrected chi connectivity index (χ0v) is 22.8. The number of carbonyl (C=O) groups excluding carboxylic acids is 2. The second-order valence-corrected chi connectivity index (χ2v) is 11.0. The summed E-state index contributed by atoms with van der Waals surface area (Å²) < 4.78 is 3.50. The van der Waals surface area contributed by atoms with Crippen molar-refractivity contribution in [2.75, 3.05) is 0 Å². The predicted molar refractivity (Wildman–Crippen MR) is 144 cm³/mol. The average molecular weight is 557 g/mol. The van der Waals surface area contributed by atoms with Crippen LogP contribution in [0.1, 0.15) is 69.2 Å². The lowest BCUT2D eigenvalue weighted by Gasteiger charge is -2.14. The second kappa shape index (κ2) is 11.6. The van der Waals surface area contributed by atoms with E-state index in [0.717, 1.165) is 63.8 Å². The number of aromatic nitrogens is 2. The number of nitrogens with zero attached hydrogens (tertiary/aromatic N) is 2. The lowest BCUT2D eigenvalue weighted by Crippen LogP contribution is -2.17. The topological polar surface area (TPSA) is 119 Å². The first-order chi connectivity index (χ1) is 18.1. The Labute approximate surface area is 229 Å². The molecule has 2 aromatic heterocycles. The molecule has 2 N–H and O–H groups in total. The van der Waals surface area contributed by atoms with Crippen molar-refractivity contribution in [1.29, 1.82) is 0 Å². The largest absolute Gasteiger partial charge is 0.480 e. The normalized spacial score (nSPS) is 14.4. The quantitative estimate of drug-likeness (QED) is 0.405. The van der Waals surface area contributed by atoms with Crippen molar-refractivity contribution in [3.8, 4) is 0 Å². The molecule has 0 aliphatic heterocycles. The van der Waals surface area contributed by atoms with E-state index >= 15 is 0 Å². The van der Waals surface area contributed by atoms with Crippen LogP contribution in [-0.4, -0.2) is 42.9 Å². The second-order valence-electron chi connectivity index (χ2n) is 9.45. The van der Waals surface area contributed by atoms with Crippen LogP contribution in [0.4, 0.5) is 0 Å². The molecule has 1 aromatic carbocycles. The number of fused-ring (bicyclic) bond motifs is 2. The number of carboxylic acid groups (broad SMARTS) is 2. The minimum absolute atomic E-state index is 0.0472. The molecule has 38 heavy (non-hydrogen) atoms. The fourth-order valence-corrected chi connectivity index (χ4v) is 6.33. The lowest BCUT2D eigenvalue weighted by molar-refractivity contribution is -0.138. The van der Waals surface area contributed by atoms with Crippen LogP contribution in [0.15, 0.2) is 40.1 Å². The van der Waals surface area contributed by atoms with E-state index in [1.807, 2.05) is 38.1 Å². The molecule has 0 radical (unpaired) electrons. The molecular weight excluding hydrogens is 528 g/mol. The molecule has 0 saturated heterocycles. The Kier molecular flexibility index (Phi) is 8.47. The Balaban J connectivity index is 0.000000194. The maximum atomic E-state index is 12.4. The monoisotopic (exact) mass is 556 g/mol. The number of hydrogen-bond donors (Lipinski definition) is 2. The zero-order chi connectivity index (χ0) is 27.6. The van der Waals surface area contributed by atoms with Crippen molar-refractivity contribution < 1.29 is 29.4 Å². The standard InChI is InChI=1S/C17H16ClNO3S.C11H13NO3/c1-10-17(23-12-7-5-11(18)6-8-12)16-13(3-2-4-14(16)20)19(10)9-15(21)22;1-7-5-8-9(3-2-4-10(8)13)12(7)6-11(14)15/h5-8H,2-4,9H2,1H3,(H,21,22);5H,2-4,6H2,1H3,(H,14,15). The number of benzene rings is 1. The van der Waals surface area contributed by atoms with E-state index in [-0.39, 0.29) is 24.7 Å². The van der Waals surface area contributed by atoms with Crippen molar-refractivity contribution in [3.63, 3.8) is 0 Å². The van der Waals surface area contributed by atoms with Crippen molar-refractivity contribution in [2.45, 2.75) is 75.3 Å². The highest BCUT2D eigenvalue weighted by molar-refractivity contribution is 7.99. The van der Waals surface area contributed by atoms with Gasteiger partial charge in [-0.05, 0) is 69.9 Å². The van der Waals surface area contributed by atoms with Crippen LogP contribution >= 0.6 is 23.4 Å². The predicted octanol–water partition coefficient (Wildman–Crippen LogP) is 5.60. The van der Waals surface area contributed by atoms with Crippen LogP contribution in [0.3, 0.4) is 0 Å². The lowest BCUT2D eigenvalue weighted by atomic mass is 9.96. The first-order valence-electron chi connectivity index (χ1n) is 12.4. The van der Waals surface area contributed by atoms with Gasteiger partial charge in [0.05, 0.1) is 5.56 Å². The van der Waals surface area contributed by atoms with Crippen molar-refractivity contribution in [2.24, 2.45) is 0 Å². The number of Topliss-reactive ketones (excluding diaryl/α,β-unsaturated/α-hetero) is 2. The van der Waals surface area contributed by atoms with E-state index in [0.29, 0.717) is 23.4 Å². The number of carbonyl (C=O) groups is 4. The fraction of sp³-hybridized carbons (Fsp3) is 0.357. The fourth-order valence-electron chi connectivity index (χ4n) is 5.10. The summed E-state index contributed by atoms with van der Waals surface area (Å²) in [7, 11) is 0. The molecule has 0 amide bonds. The minimum Gasteiger partial charge on any atom is -0.480 e. The summed E-state index contributed by atoms with van der Waals surface area (Å²) in [5.41, 5.74) is 4.88. The summed E-state index contributed by atoms with van der Waals surface area (Å²) >= 11 is 7.41. The van der Waals surface area contributed by atoms with Crippen LogP contribution in [0.5, 0.6) is 0 Å². The van der Waals surface area contributed by atoms with Crippen LogP contribution in [0.25, 0.3) is 0 Å². The summed E-state index contributed by atoms with van der Waals surface area (Å²) in [4.78, 5) is 47.7. The Morgan fingerprint density at radius 1 is 0.868 bits per heavy atom. The van der Waals surface area contributed by atoms with Crippen molar-refractivity contribution >= 4 is 46.9 Å². The molecule has 0 fully saturated rings. The van der Waals surface area contributed by atoms with Crippen LogP contribution < -0.4 is 0 Å². The summed E-state index contributed by atoms with van der Waals surface area (Å²) in [6.45, 7) is 3.57. The Morgan fingerprint density at radius 2 is 1.45 bits per heavy atom. The zero-order valence-electron chi connectivity index (χ0n) is 21.3. The van der Waals surface area contributed by atoms with E-state index in [9.17, 15) is 19.2 Å². The van der Waals surface area contributed by atoms with Gasteiger partial charge >= 0.3 is 11.9 Å². The van der Waals surface area contributed by atoms with Gasteiger partial charge in [-0.3, -0.25) is 19.2 Å². The number of aliphatic carboxylic acids is 2. The average Bonchev–Trinajstić information content (AvgIpc) is 3.31. The number of aryl methyl sites for hydroxylation is 1. The van der Waals surface area contributed by atoms with Gasteiger partial charge < -0.3 is 19.3 Å². The van der Waals surface area contributed by atoms with E-state index < -0.39 is 11.9 Å². The summed E-state index contributed by atoms with van der Waals surface area (Å²) in [5.74, 6) is -1.51. The maximum Gasteiger partial charge on any atom is 0.323 e. The Morgan fingerprint density at radius 3 is 2.08 bits per heavy atom. The number of ketones is 2. The summed E-state index contributed by atoms with van der Waals surface area (Å²) in [6.07, 6.45) is 4.27. The molecule has 0 saturated carbocycles. The van der Waals surface area contributed by atoms with Crippen LogP contribution in [-0.2, 0) is 35.5 Å². The van der Waals surface area contributed by atoms with Crippen LogP contribution in [0, 0.1) is 13.8 Å². The van der Waals surface area contributed by atoms with Gasteiger partial charge in [0.2, 0.25) is 0 Å². The third kappa shape index (κ3) is 5.89. The van der Waals surface area contributed by atoms with Crippen LogP contribution in [0.2, 0.25) is 5.02 Å². The first-order valence-corrected chi connectivity index (χ1v) is 13.6. The van der Waals surface area contributed by atoms with Gasteiger partial charge in [-0.15, -0.1) is 0 Å². The van der Waals surface area contributed by atoms with Gasteiger partial charge in [0, 0.05) is 56.0 Å². The minimum atomic E-state index is -0.896. The van der Waals surface area contributed by atoms with Crippen molar-refractivity contribution in [3.05, 3.63) is 69.3 Å². The van der Waals surface area contributed by atoms with Gasteiger partial charge in [0.1, 0.15) is 13.1 Å². The van der Waals surface area contributed by atoms with Gasteiger partial charge in [-0.25, -0.2) is 0 Å². The molecule has 8 nitrogen and oxygen atoms in total. The number of hydrogen-bond acceptors (Lipinski definition) is 5. The molecule has 0 atom stereocenters. The molecule has 10 heteroatoms. The van der Waals surface area contributed by atoms with Gasteiger partial charge in [-0.1, -0.05) is 23.4 Å². The highest BCUT2D eigenvalue weighted by atomic mass is 35.5. The van der Waals surface area contributed by atoms with E-state index in [1.165, 1.54) is 11.8 Å². The first kappa shape index (κ1) is 27.7. The Bertz CT molecular complexity index is 1420. The maximum absolute atomic E-state index is 12.4. The molecule has 2 aliphatic carbocycles. The SMILES string of the molecule is Cc1c(Sc2ccc(Cl)cc2)c2c(n1CC(=O)O)CCCC2=O.Cc1cc2c(n1CC(=O)O)CCCC2=O.